The summed E-state index contributed by atoms with van der Waals surface area (Å²) < 4.78 is 11.2. The molecule has 27 heavy (non-hydrogen) atoms. The van der Waals surface area contributed by atoms with Crippen molar-refractivity contribution in [1.29, 1.82) is 0 Å². The molecule has 8 heteroatoms. The fraction of sp³-hybridized carbons (Fsp3) is 0.737. The molecule has 2 atom stereocenters. The summed E-state index contributed by atoms with van der Waals surface area (Å²) in [4.78, 5) is 8.58. The zero-order valence-electron chi connectivity index (χ0n) is 17.2. The van der Waals surface area contributed by atoms with Crippen molar-refractivity contribution >= 4 is 41.3 Å². The third kappa shape index (κ3) is 8.23. The molecule has 0 amide bonds. The van der Waals surface area contributed by atoms with Crippen LogP contribution < -0.4 is 10.6 Å². The Kier molecular flexibility index (Phi) is 11.1. The van der Waals surface area contributed by atoms with Crippen molar-refractivity contribution in [3.8, 4) is 0 Å². The second kappa shape index (κ2) is 12.2. The molecule has 0 bridgehead atoms. The highest BCUT2D eigenvalue weighted by Gasteiger charge is 2.26. The smallest absolute Gasteiger partial charge is 0.191 e. The maximum Gasteiger partial charge on any atom is 0.191 e. The van der Waals surface area contributed by atoms with Crippen molar-refractivity contribution < 1.29 is 9.47 Å². The van der Waals surface area contributed by atoms with E-state index in [2.05, 4.69) is 46.9 Å². The van der Waals surface area contributed by atoms with Gasteiger partial charge in [-0.3, -0.25) is 9.89 Å². The molecule has 0 saturated carbocycles. The van der Waals surface area contributed by atoms with Gasteiger partial charge in [-0.15, -0.1) is 35.3 Å². The fourth-order valence-electron chi connectivity index (χ4n) is 2.89. The van der Waals surface area contributed by atoms with Crippen LogP contribution in [0.25, 0.3) is 0 Å². The topological polar surface area (TPSA) is 58.1 Å². The summed E-state index contributed by atoms with van der Waals surface area (Å²) in [5.74, 6) is 0.834. The van der Waals surface area contributed by atoms with Crippen molar-refractivity contribution in [3.63, 3.8) is 0 Å². The van der Waals surface area contributed by atoms with Gasteiger partial charge in [-0.2, -0.15) is 0 Å². The number of morpholine rings is 1. The van der Waals surface area contributed by atoms with E-state index in [4.69, 9.17) is 14.5 Å². The number of aliphatic imine (C=N–C) groups is 1. The third-order valence-electron chi connectivity index (χ3n) is 4.56. The first kappa shape index (κ1) is 24.6. The lowest BCUT2D eigenvalue weighted by atomic mass is 10.1. The number of rotatable bonds is 8. The van der Waals surface area contributed by atoms with Crippen LogP contribution in [0.4, 0.5) is 0 Å². The molecular weight excluding hydrogens is 475 g/mol. The Morgan fingerprint density at radius 1 is 1.48 bits per heavy atom. The minimum absolute atomic E-state index is 0. The molecule has 1 fully saturated rings. The molecule has 2 unspecified atom stereocenters. The van der Waals surface area contributed by atoms with Gasteiger partial charge in [0.05, 0.1) is 30.9 Å². The molecule has 1 aliphatic heterocycles. The number of guanidine groups is 1. The molecule has 0 radical (unpaired) electrons. The van der Waals surface area contributed by atoms with Crippen LogP contribution in [0.15, 0.2) is 22.5 Å². The Hall–Kier alpha value is -0.420. The van der Waals surface area contributed by atoms with Gasteiger partial charge in [-0.05, 0) is 39.1 Å². The van der Waals surface area contributed by atoms with E-state index >= 15 is 0 Å². The van der Waals surface area contributed by atoms with Crippen molar-refractivity contribution in [2.24, 2.45) is 4.99 Å². The SMILES string of the molecule is CCNC(=NCC(C)(C)OC)NCC(c1cccs1)N1CCOC(C)C1.I. The van der Waals surface area contributed by atoms with Crippen LogP contribution in [-0.4, -0.2) is 69.0 Å². The van der Waals surface area contributed by atoms with Crippen LogP contribution in [0.2, 0.25) is 0 Å². The van der Waals surface area contributed by atoms with Crippen molar-refractivity contribution in [1.82, 2.24) is 15.5 Å². The van der Waals surface area contributed by atoms with Crippen molar-refractivity contribution in [3.05, 3.63) is 22.4 Å². The van der Waals surface area contributed by atoms with E-state index in [1.54, 1.807) is 7.11 Å². The van der Waals surface area contributed by atoms with E-state index in [0.29, 0.717) is 12.6 Å². The Labute approximate surface area is 185 Å². The van der Waals surface area contributed by atoms with Crippen LogP contribution in [0.1, 0.15) is 38.6 Å². The molecule has 1 saturated heterocycles. The number of methoxy groups -OCH3 is 1. The van der Waals surface area contributed by atoms with Gasteiger partial charge in [0.15, 0.2) is 5.96 Å². The van der Waals surface area contributed by atoms with Crippen molar-refractivity contribution in [2.75, 3.05) is 46.4 Å². The first-order valence-electron chi connectivity index (χ1n) is 9.41. The predicted octanol–water partition coefficient (Wildman–Crippen LogP) is 3.11. The van der Waals surface area contributed by atoms with Crippen LogP contribution in [0.5, 0.6) is 0 Å². The number of hydrogen-bond acceptors (Lipinski definition) is 5. The maximum atomic E-state index is 5.72. The maximum absolute atomic E-state index is 5.72. The summed E-state index contributed by atoms with van der Waals surface area (Å²) in [5, 5.41) is 9.01. The van der Waals surface area contributed by atoms with E-state index in [0.717, 1.165) is 38.7 Å². The Balaban J connectivity index is 0.00000364. The van der Waals surface area contributed by atoms with Gasteiger partial charge in [0.25, 0.3) is 0 Å². The molecule has 2 rings (SSSR count). The zero-order chi connectivity index (χ0) is 19.0. The van der Waals surface area contributed by atoms with Crippen LogP contribution in [0, 0.1) is 0 Å². The molecule has 1 aromatic heterocycles. The van der Waals surface area contributed by atoms with Gasteiger partial charge in [0.2, 0.25) is 0 Å². The number of nitrogens with one attached hydrogen (secondary N) is 2. The average molecular weight is 510 g/mol. The van der Waals surface area contributed by atoms with Crippen LogP contribution in [0.3, 0.4) is 0 Å². The van der Waals surface area contributed by atoms with E-state index in [9.17, 15) is 0 Å². The van der Waals surface area contributed by atoms with Crippen molar-refractivity contribution in [2.45, 2.75) is 45.4 Å². The second-order valence-corrected chi connectivity index (χ2v) is 8.23. The molecule has 6 nitrogen and oxygen atoms in total. The summed E-state index contributed by atoms with van der Waals surface area (Å²) in [5.41, 5.74) is -0.269. The largest absolute Gasteiger partial charge is 0.377 e. The van der Waals surface area contributed by atoms with Gasteiger partial charge >= 0.3 is 0 Å². The average Bonchev–Trinajstić information content (AvgIpc) is 3.14. The van der Waals surface area contributed by atoms with Crippen LogP contribution >= 0.6 is 35.3 Å². The van der Waals surface area contributed by atoms with E-state index in [1.165, 1.54) is 4.88 Å². The number of ether oxygens (including phenoxy) is 2. The Morgan fingerprint density at radius 3 is 2.85 bits per heavy atom. The van der Waals surface area contributed by atoms with Crippen LogP contribution in [-0.2, 0) is 9.47 Å². The highest BCUT2D eigenvalue weighted by atomic mass is 127. The molecule has 0 spiro atoms. The number of thiophene rings is 1. The number of nitrogens with zero attached hydrogens (tertiary/aromatic N) is 2. The highest BCUT2D eigenvalue weighted by molar-refractivity contribution is 14.0. The molecular formula is C19H35IN4O2S. The molecule has 0 aromatic carbocycles. The monoisotopic (exact) mass is 510 g/mol. The first-order chi connectivity index (χ1) is 12.4. The first-order valence-corrected chi connectivity index (χ1v) is 10.3. The predicted molar refractivity (Wildman–Crippen MR) is 125 cm³/mol. The minimum Gasteiger partial charge on any atom is -0.377 e. The van der Waals surface area contributed by atoms with E-state index < -0.39 is 0 Å². The molecule has 2 heterocycles. The lowest BCUT2D eigenvalue weighted by molar-refractivity contribution is -0.0334. The summed E-state index contributed by atoms with van der Waals surface area (Å²) in [6.07, 6.45) is 0.274. The highest BCUT2D eigenvalue weighted by Crippen LogP contribution is 2.26. The molecule has 1 aliphatic rings. The molecule has 2 N–H and O–H groups in total. The molecule has 156 valence electrons. The van der Waals surface area contributed by atoms with Gasteiger partial charge in [-0.25, -0.2) is 0 Å². The zero-order valence-corrected chi connectivity index (χ0v) is 20.3. The Morgan fingerprint density at radius 2 is 2.26 bits per heavy atom. The van der Waals surface area contributed by atoms with Gasteiger partial charge in [-0.1, -0.05) is 6.07 Å². The molecule has 0 aliphatic carbocycles. The lowest BCUT2D eigenvalue weighted by Crippen LogP contribution is -2.48. The summed E-state index contributed by atoms with van der Waals surface area (Å²) in [6.45, 7) is 13.3. The quantitative estimate of drug-likeness (QED) is 0.320. The third-order valence-corrected chi connectivity index (χ3v) is 5.54. The number of halogens is 1. The van der Waals surface area contributed by atoms with Gasteiger partial charge < -0.3 is 20.1 Å². The fourth-order valence-corrected chi connectivity index (χ4v) is 3.75. The summed E-state index contributed by atoms with van der Waals surface area (Å²) >= 11 is 1.81. The standard InChI is InChI=1S/C19H34N4O2S.HI/c1-6-20-18(22-14-19(3,4)24-5)21-12-16(17-8-7-11-26-17)23-9-10-25-15(2)13-23;/h7-8,11,15-16H,6,9-10,12-14H2,1-5H3,(H2,20,21,22);1H. The van der Waals surface area contributed by atoms with E-state index in [1.807, 2.05) is 25.2 Å². The molecule has 1 aromatic rings. The minimum atomic E-state index is -0.269. The summed E-state index contributed by atoms with van der Waals surface area (Å²) in [6, 6.07) is 4.66. The number of hydrogen-bond donors (Lipinski definition) is 2. The Bertz CT molecular complexity index is 554. The van der Waals surface area contributed by atoms with E-state index in [-0.39, 0.29) is 35.7 Å². The summed E-state index contributed by atoms with van der Waals surface area (Å²) in [7, 11) is 1.72. The lowest BCUT2D eigenvalue weighted by Gasteiger charge is -2.37. The second-order valence-electron chi connectivity index (χ2n) is 7.25. The normalized spacial score (nSPS) is 20.0. The van der Waals surface area contributed by atoms with Gasteiger partial charge in [0, 0.05) is 38.2 Å². The van der Waals surface area contributed by atoms with Gasteiger partial charge in [0.1, 0.15) is 0 Å².